The number of ether oxygens (including phenoxy) is 1. The van der Waals surface area contributed by atoms with E-state index in [1.54, 1.807) is 0 Å². The third kappa shape index (κ3) is 3.09. The van der Waals surface area contributed by atoms with Gasteiger partial charge in [-0.1, -0.05) is 25.5 Å². The van der Waals surface area contributed by atoms with Crippen LogP contribution in [0.5, 0.6) is 0 Å². The van der Waals surface area contributed by atoms with Gasteiger partial charge in [0.05, 0.1) is 19.1 Å². The number of nitrogens with one attached hydrogen (secondary N) is 1. The molecule has 0 saturated carbocycles. The lowest BCUT2D eigenvalue weighted by Gasteiger charge is -2.13. The third-order valence-electron chi connectivity index (χ3n) is 3.22. The van der Waals surface area contributed by atoms with E-state index in [0.29, 0.717) is 13.2 Å². The summed E-state index contributed by atoms with van der Waals surface area (Å²) >= 11 is 0. The Bertz CT molecular complexity index is 403. The molecular weight excluding hydrogens is 228 g/mol. The number of hydrogen-bond acceptors (Lipinski definition) is 3. The first-order valence-electron chi connectivity index (χ1n) is 6.44. The van der Waals surface area contributed by atoms with E-state index in [0.717, 1.165) is 18.5 Å². The highest BCUT2D eigenvalue weighted by atomic mass is 16.5. The van der Waals surface area contributed by atoms with Crippen molar-refractivity contribution >= 4 is 11.6 Å². The number of hydrogen-bond donors (Lipinski definition) is 2. The summed E-state index contributed by atoms with van der Waals surface area (Å²) in [5.41, 5.74) is 7.92. The van der Waals surface area contributed by atoms with Crippen molar-refractivity contribution in [2.75, 3.05) is 18.5 Å². The van der Waals surface area contributed by atoms with Gasteiger partial charge in [0.25, 0.3) is 0 Å². The van der Waals surface area contributed by atoms with Gasteiger partial charge >= 0.3 is 0 Å². The fourth-order valence-corrected chi connectivity index (χ4v) is 2.12. The molecule has 4 nitrogen and oxygen atoms in total. The minimum Gasteiger partial charge on any atom is -0.379 e. The molecule has 1 heterocycles. The van der Waals surface area contributed by atoms with E-state index >= 15 is 0 Å². The fraction of sp³-hybridized carbons (Fsp3) is 0.500. The van der Waals surface area contributed by atoms with Crippen molar-refractivity contribution in [3.63, 3.8) is 0 Å². The number of amides is 1. The van der Waals surface area contributed by atoms with Crippen LogP contribution in [0.1, 0.15) is 18.9 Å². The van der Waals surface area contributed by atoms with Crippen LogP contribution in [-0.2, 0) is 16.0 Å². The zero-order valence-electron chi connectivity index (χ0n) is 10.7. The summed E-state index contributed by atoms with van der Waals surface area (Å²) in [5, 5.41) is 2.88. The molecule has 0 aromatic heterocycles. The van der Waals surface area contributed by atoms with Gasteiger partial charge in [0, 0.05) is 11.7 Å². The molecule has 1 aliphatic heterocycles. The molecule has 1 fully saturated rings. The van der Waals surface area contributed by atoms with Crippen LogP contribution in [0.4, 0.5) is 5.69 Å². The van der Waals surface area contributed by atoms with Crippen LogP contribution >= 0.6 is 0 Å². The number of carbonyl (C=O) groups excluding carboxylic acids is 1. The fourth-order valence-electron chi connectivity index (χ4n) is 2.12. The average molecular weight is 248 g/mol. The number of benzene rings is 1. The molecule has 0 aliphatic carbocycles. The first-order valence-corrected chi connectivity index (χ1v) is 6.44. The maximum atomic E-state index is 12.0. The highest BCUT2D eigenvalue weighted by Crippen LogP contribution is 2.16. The second kappa shape index (κ2) is 5.98. The molecule has 18 heavy (non-hydrogen) atoms. The molecule has 1 saturated heterocycles. The first-order chi connectivity index (χ1) is 8.70. The van der Waals surface area contributed by atoms with Crippen molar-refractivity contribution in [1.82, 2.24) is 0 Å². The zero-order valence-corrected chi connectivity index (χ0v) is 10.7. The SMILES string of the molecule is CCCc1ccc(NC(=O)C2COCC2N)cc1. The average Bonchev–Trinajstić information content (AvgIpc) is 2.78. The van der Waals surface area contributed by atoms with E-state index in [-0.39, 0.29) is 17.9 Å². The van der Waals surface area contributed by atoms with Gasteiger partial charge in [0.15, 0.2) is 0 Å². The molecule has 98 valence electrons. The summed E-state index contributed by atoms with van der Waals surface area (Å²) in [6.07, 6.45) is 2.19. The maximum absolute atomic E-state index is 12.0. The van der Waals surface area contributed by atoms with Gasteiger partial charge in [-0.2, -0.15) is 0 Å². The van der Waals surface area contributed by atoms with Gasteiger partial charge in [-0.25, -0.2) is 0 Å². The van der Waals surface area contributed by atoms with Gasteiger partial charge in [-0.3, -0.25) is 4.79 Å². The Morgan fingerprint density at radius 3 is 2.67 bits per heavy atom. The Morgan fingerprint density at radius 1 is 1.39 bits per heavy atom. The largest absolute Gasteiger partial charge is 0.379 e. The molecule has 0 spiro atoms. The quantitative estimate of drug-likeness (QED) is 0.849. The predicted molar refractivity (Wildman–Crippen MR) is 71.4 cm³/mol. The molecule has 1 aromatic rings. The van der Waals surface area contributed by atoms with Crippen LogP contribution < -0.4 is 11.1 Å². The molecule has 1 amide bonds. The summed E-state index contributed by atoms with van der Waals surface area (Å²) in [6, 6.07) is 7.77. The lowest BCUT2D eigenvalue weighted by atomic mass is 10.0. The van der Waals surface area contributed by atoms with Crippen LogP contribution in [0.25, 0.3) is 0 Å². The van der Waals surface area contributed by atoms with Crippen LogP contribution in [-0.4, -0.2) is 25.2 Å². The third-order valence-corrected chi connectivity index (χ3v) is 3.22. The van der Waals surface area contributed by atoms with Crippen LogP contribution in [0.2, 0.25) is 0 Å². The second-order valence-electron chi connectivity index (χ2n) is 4.74. The van der Waals surface area contributed by atoms with Gasteiger partial charge in [0.1, 0.15) is 0 Å². The lowest BCUT2D eigenvalue weighted by molar-refractivity contribution is -0.120. The van der Waals surface area contributed by atoms with Crippen molar-refractivity contribution in [3.8, 4) is 0 Å². The summed E-state index contributed by atoms with van der Waals surface area (Å²) in [5.74, 6) is -0.288. The van der Waals surface area contributed by atoms with Crippen molar-refractivity contribution in [2.24, 2.45) is 11.7 Å². The summed E-state index contributed by atoms with van der Waals surface area (Å²) in [6.45, 7) is 3.03. The monoisotopic (exact) mass is 248 g/mol. The lowest BCUT2D eigenvalue weighted by Crippen LogP contribution is -2.37. The second-order valence-corrected chi connectivity index (χ2v) is 4.74. The summed E-state index contributed by atoms with van der Waals surface area (Å²) in [7, 11) is 0. The number of nitrogens with two attached hydrogens (primary N) is 1. The maximum Gasteiger partial charge on any atom is 0.231 e. The molecule has 2 unspecified atom stereocenters. The molecule has 3 N–H and O–H groups in total. The van der Waals surface area contributed by atoms with E-state index in [4.69, 9.17) is 10.5 Å². The van der Waals surface area contributed by atoms with E-state index in [1.807, 2.05) is 24.3 Å². The van der Waals surface area contributed by atoms with E-state index in [2.05, 4.69) is 12.2 Å². The summed E-state index contributed by atoms with van der Waals surface area (Å²) < 4.78 is 5.19. The molecule has 2 atom stereocenters. The number of carbonyl (C=O) groups is 1. The van der Waals surface area contributed by atoms with Crippen molar-refractivity contribution in [3.05, 3.63) is 29.8 Å². The van der Waals surface area contributed by atoms with Crippen molar-refractivity contribution < 1.29 is 9.53 Å². The Hall–Kier alpha value is -1.39. The zero-order chi connectivity index (χ0) is 13.0. The van der Waals surface area contributed by atoms with Gasteiger partial charge in [-0.15, -0.1) is 0 Å². The molecular formula is C14H20N2O2. The highest BCUT2D eigenvalue weighted by molar-refractivity contribution is 5.93. The van der Waals surface area contributed by atoms with Gasteiger partial charge in [0.2, 0.25) is 5.91 Å². The normalized spacial score (nSPS) is 23.0. The molecule has 1 aliphatic rings. The van der Waals surface area contributed by atoms with Gasteiger partial charge in [-0.05, 0) is 24.1 Å². The minimum atomic E-state index is -0.236. The van der Waals surface area contributed by atoms with E-state index in [1.165, 1.54) is 5.56 Å². The number of aryl methyl sites for hydroxylation is 1. The Kier molecular flexibility index (Phi) is 4.33. The standard InChI is InChI=1S/C14H20N2O2/c1-2-3-10-4-6-11(7-5-10)16-14(17)12-8-18-9-13(12)15/h4-7,12-13H,2-3,8-9,15H2,1H3,(H,16,17). The molecule has 0 radical (unpaired) electrons. The van der Waals surface area contributed by atoms with Crippen molar-refractivity contribution in [2.45, 2.75) is 25.8 Å². The Balaban J connectivity index is 1.94. The van der Waals surface area contributed by atoms with E-state index < -0.39 is 0 Å². The molecule has 1 aromatic carbocycles. The van der Waals surface area contributed by atoms with Crippen LogP contribution in [0.15, 0.2) is 24.3 Å². The molecule has 4 heteroatoms. The smallest absolute Gasteiger partial charge is 0.231 e. The van der Waals surface area contributed by atoms with Crippen LogP contribution in [0, 0.1) is 5.92 Å². The van der Waals surface area contributed by atoms with Crippen LogP contribution in [0.3, 0.4) is 0 Å². The highest BCUT2D eigenvalue weighted by Gasteiger charge is 2.31. The topological polar surface area (TPSA) is 64.3 Å². The minimum absolute atomic E-state index is 0.0526. The number of anilines is 1. The van der Waals surface area contributed by atoms with E-state index in [9.17, 15) is 4.79 Å². The number of rotatable bonds is 4. The molecule has 2 rings (SSSR count). The molecule has 0 bridgehead atoms. The predicted octanol–water partition coefficient (Wildman–Crippen LogP) is 1.55. The Morgan fingerprint density at radius 2 is 2.11 bits per heavy atom. The van der Waals surface area contributed by atoms with Crippen molar-refractivity contribution in [1.29, 1.82) is 0 Å². The first kappa shape index (κ1) is 13.1. The summed E-state index contributed by atoms with van der Waals surface area (Å²) in [4.78, 5) is 12.0. The van der Waals surface area contributed by atoms with Gasteiger partial charge < -0.3 is 15.8 Å². The Labute approximate surface area is 108 Å².